The van der Waals surface area contributed by atoms with Gasteiger partial charge in [-0.05, 0) is 77.8 Å². The third-order valence-electron chi connectivity index (χ3n) is 6.07. The highest BCUT2D eigenvalue weighted by molar-refractivity contribution is 9.10. The Bertz CT molecular complexity index is 1280. The quantitative estimate of drug-likeness (QED) is 0.297. The van der Waals surface area contributed by atoms with Crippen LogP contribution in [-0.4, -0.2) is 46.0 Å². The molecular formula is C25H24BrN3O3S2. The maximum absolute atomic E-state index is 13.0. The highest BCUT2D eigenvalue weighted by atomic mass is 79.9. The molecule has 0 spiro atoms. The van der Waals surface area contributed by atoms with Crippen LogP contribution in [0.2, 0.25) is 0 Å². The van der Waals surface area contributed by atoms with Crippen LogP contribution in [-0.2, 0) is 16.1 Å². The predicted octanol–water partition coefficient (Wildman–Crippen LogP) is 5.69. The SMILES string of the molecule is Cc1cc(/C=C2\SC(=S)N(Cc3ccco3)C2=O)c(C)n1-c1ccc(N2CCOCC2)c(Br)c1. The largest absolute Gasteiger partial charge is 0.467 e. The number of thioether (sulfide) groups is 1. The predicted molar refractivity (Wildman–Crippen MR) is 143 cm³/mol. The average Bonchev–Trinajstić information content (AvgIpc) is 3.50. The van der Waals surface area contributed by atoms with Crippen LogP contribution >= 0.6 is 39.9 Å². The van der Waals surface area contributed by atoms with Crippen LogP contribution < -0.4 is 4.90 Å². The van der Waals surface area contributed by atoms with Gasteiger partial charge in [0.25, 0.3) is 5.91 Å². The number of benzene rings is 1. The van der Waals surface area contributed by atoms with Crippen molar-refractivity contribution in [3.8, 4) is 5.69 Å². The summed E-state index contributed by atoms with van der Waals surface area (Å²) in [5.74, 6) is 0.621. The summed E-state index contributed by atoms with van der Waals surface area (Å²) >= 11 is 10.6. The number of furan rings is 1. The zero-order chi connectivity index (χ0) is 23.8. The number of hydrogen-bond donors (Lipinski definition) is 0. The van der Waals surface area contributed by atoms with Gasteiger partial charge in [0, 0.05) is 34.6 Å². The van der Waals surface area contributed by atoms with E-state index in [1.807, 2.05) is 18.2 Å². The number of carbonyl (C=O) groups is 1. The maximum Gasteiger partial charge on any atom is 0.266 e. The van der Waals surface area contributed by atoms with Gasteiger partial charge < -0.3 is 18.6 Å². The highest BCUT2D eigenvalue weighted by Crippen LogP contribution is 2.36. The summed E-state index contributed by atoms with van der Waals surface area (Å²) in [6.07, 6.45) is 3.54. The van der Waals surface area contributed by atoms with Gasteiger partial charge in [0.2, 0.25) is 0 Å². The first-order chi connectivity index (χ1) is 16.4. The molecule has 0 saturated carbocycles. The lowest BCUT2D eigenvalue weighted by molar-refractivity contribution is -0.122. The first kappa shape index (κ1) is 23.4. The number of thiocarbonyl (C=S) groups is 1. The topological polar surface area (TPSA) is 50.9 Å². The Kier molecular flexibility index (Phi) is 6.70. The van der Waals surface area contributed by atoms with Crippen LogP contribution in [0.5, 0.6) is 0 Å². The third-order valence-corrected chi connectivity index (χ3v) is 8.08. The number of halogens is 1. The van der Waals surface area contributed by atoms with Gasteiger partial charge in [0.05, 0.1) is 36.6 Å². The van der Waals surface area contributed by atoms with Gasteiger partial charge in [-0.15, -0.1) is 0 Å². The van der Waals surface area contributed by atoms with Crippen molar-refractivity contribution in [3.05, 3.63) is 74.8 Å². The van der Waals surface area contributed by atoms with E-state index < -0.39 is 0 Å². The van der Waals surface area contributed by atoms with Crippen molar-refractivity contribution in [3.63, 3.8) is 0 Å². The number of morpholine rings is 1. The number of amides is 1. The number of hydrogen-bond acceptors (Lipinski definition) is 6. The summed E-state index contributed by atoms with van der Waals surface area (Å²) in [6, 6.07) is 12.2. The number of ether oxygens (including phenoxy) is 1. The normalized spacial score (nSPS) is 17.9. The molecule has 0 unspecified atom stereocenters. The van der Waals surface area contributed by atoms with E-state index in [-0.39, 0.29) is 5.91 Å². The molecule has 3 aromatic rings. The molecule has 2 aromatic heterocycles. The summed E-state index contributed by atoms with van der Waals surface area (Å²) in [5.41, 5.74) is 5.42. The van der Waals surface area contributed by atoms with Gasteiger partial charge in [-0.2, -0.15) is 0 Å². The van der Waals surface area contributed by atoms with Crippen molar-refractivity contribution in [2.75, 3.05) is 31.2 Å². The second-order valence-corrected chi connectivity index (χ2v) is 10.8. The zero-order valence-electron chi connectivity index (χ0n) is 18.9. The molecule has 9 heteroatoms. The molecule has 2 fully saturated rings. The minimum Gasteiger partial charge on any atom is -0.467 e. The molecule has 0 N–H and O–H groups in total. The zero-order valence-corrected chi connectivity index (χ0v) is 22.1. The number of nitrogens with zero attached hydrogens (tertiary/aromatic N) is 3. The number of anilines is 1. The van der Waals surface area contributed by atoms with E-state index in [4.69, 9.17) is 21.4 Å². The Labute approximate surface area is 216 Å². The van der Waals surface area contributed by atoms with E-state index in [9.17, 15) is 4.79 Å². The van der Waals surface area contributed by atoms with Crippen LogP contribution in [0.15, 0.2) is 56.5 Å². The van der Waals surface area contributed by atoms with Crippen LogP contribution in [0.3, 0.4) is 0 Å². The van der Waals surface area contributed by atoms with E-state index in [0.29, 0.717) is 21.5 Å². The van der Waals surface area contributed by atoms with Crippen LogP contribution in [0.25, 0.3) is 11.8 Å². The molecule has 1 amide bonds. The highest BCUT2D eigenvalue weighted by Gasteiger charge is 2.33. The van der Waals surface area contributed by atoms with Gasteiger partial charge in [-0.1, -0.05) is 24.0 Å². The second kappa shape index (κ2) is 9.73. The van der Waals surface area contributed by atoms with Gasteiger partial charge in [-0.3, -0.25) is 9.69 Å². The van der Waals surface area contributed by atoms with E-state index >= 15 is 0 Å². The first-order valence-electron chi connectivity index (χ1n) is 11.0. The summed E-state index contributed by atoms with van der Waals surface area (Å²) < 4.78 is 14.7. The lowest BCUT2D eigenvalue weighted by Gasteiger charge is -2.30. The van der Waals surface area contributed by atoms with Crippen molar-refractivity contribution < 1.29 is 13.9 Å². The molecule has 0 atom stereocenters. The van der Waals surface area contributed by atoms with Crippen molar-refractivity contribution in [2.45, 2.75) is 20.4 Å². The molecule has 0 bridgehead atoms. The average molecular weight is 559 g/mol. The molecule has 2 saturated heterocycles. The van der Waals surface area contributed by atoms with Gasteiger partial charge >= 0.3 is 0 Å². The fraction of sp³-hybridized carbons (Fsp3) is 0.280. The molecule has 4 heterocycles. The minimum absolute atomic E-state index is 0.0891. The summed E-state index contributed by atoms with van der Waals surface area (Å²) in [5, 5.41) is 0. The Balaban J connectivity index is 1.41. The molecule has 34 heavy (non-hydrogen) atoms. The summed E-state index contributed by atoms with van der Waals surface area (Å²) in [7, 11) is 0. The monoisotopic (exact) mass is 557 g/mol. The van der Waals surface area contributed by atoms with Gasteiger partial charge in [-0.25, -0.2) is 0 Å². The lowest BCUT2D eigenvalue weighted by Crippen LogP contribution is -2.36. The van der Waals surface area contributed by atoms with E-state index in [1.165, 1.54) is 17.4 Å². The number of rotatable bonds is 5. The van der Waals surface area contributed by atoms with Gasteiger partial charge in [0.15, 0.2) is 0 Å². The molecule has 1 aromatic carbocycles. The maximum atomic E-state index is 13.0. The van der Waals surface area contributed by atoms with Crippen LogP contribution in [0.4, 0.5) is 5.69 Å². The van der Waals surface area contributed by atoms with E-state index in [0.717, 1.165) is 53.4 Å². The Hall–Kier alpha value is -2.33. The lowest BCUT2D eigenvalue weighted by atomic mass is 10.2. The second-order valence-electron chi connectivity index (χ2n) is 8.24. The molecule has 176 valence electrons. The summed E-state index contributed by atoms with van der Waals surface area (Å²) in [4.78, 5) is 17.6. The van der Waals surface area contributed by atoms with E-state index in [1.54, 1.807) is 11.2 Å². The molecule has 0 aliphatic carbocycles. The van der Waals surface area contributed by atoms with E-state index in [2.05, 4.69) is 63.5 Å². The smallest absolute Gasteiger partial charge is 0.266 e. The molecule has 2 aliphatic rings. The molecule has 2 aliphatic heterocycles. The van der Waals surface area contributed by atoms with Gasteiger partial charge in [0.1, 0.15) is 10.1 Å². The summed E-state index contributed by atoms with van der Waals surface area (Å²) in [6.45, 7) is 7.78. The number of aromatic nitrogens is 1. The Morgan fingerprint density at radius 1 is 1.18 bits per heavy atom. The third kappa shape index (κ3) is 4.49. The molecule has 5 rings (SSSR count). The molecular weight excluding hydrogens is 534 g/mol. The minimum atomic E-state index is -0.0891. The van der Waals surface area contributed by atoms with Crippen LogP contribution in [0.1, 0.15) is 22.7 Å². The first-order valence-corrected chi connectivity index (χ1v) is 13.0. The Morgan fingerprint density at radius 2 is 1.97 bits per heavy atom. The van der Waals surface area contributed by atoms with Crippen LogP contribution in [0, 0.1) is 13.8 Å². The number of aryl methyl sites for hydroxylation is 1. The molecule has 6 nitrogen and oxygen atoms in total. The van der Waals surface area contributed by atoms with Crippen molar-refractivity contribution in [1.29, 1.82) is 0 Å². The Morgan fingerprint density at radius 3 is 2.68 bits per heavy atom. The standard InChI is InChI=1S/C25H24BrN3O3S2/c1-16-12-18(13-23-24(30)28(25(33)34-23)15-20-4-3-9-32-20)17(2)29(16)19-5-6-22(21(26)14-19)27-7-10-31-11-8-27/h3-6,9,12-14H,7-8,10-11,15H2,1-2H3/b23-13-. The fourth-order valence-corrected chi connectivity index (χ4v) is 6.23. The van der Waals surface area contributed by atoms with Crippen molar-refractivity contribution >= 4 is 61.9 Å². The fourth-order valence-electron chi connectivity index (χ4n) is 4.36. The van der Waals surface area contributed by atoms with Crippen molar-refractivity contribution in [1.82, 2.24) is 9.47 Å². The number of carbonyl (C=O) groups excluding carboxylic acids is 1. The van der Waals surface area contributed by atoms with Crippen molar-refractivity contribution in [2.24, 2.45) is 0 Å². The molecule has 0 radical (unpaired) electrons.